The van der Waals surface area contributed by atoms with Crippen molar-refractivity contribution >= 4 is 17.3 Å². The van der Waals surface area contributed by atoms with Crippen molar-refractivity contribution in [2.45, 2.75) is 6.92 Å². The fourth-order valence-electron chi connectivity index (χ4n) is 1.08. The summed E-state index contributed by atoms with van der Waals surface area (Å²) in [6.45, 7) is 1.29. The van der Waals surface area contributed by atoms with Crippen molar-refractivity contribution in [1.29, 1.82) is 0 Å². The Morgan fingerprint density at radius 1 is 1.53 bits per heavy atom. The number of hydrogen-bond acceptors (Lipinski definition) is 4. The van der Waals surface area contributed by atoms with Crippen molar-refractivity contribution in [3.05, 3.63) is 28.3 Å². The zero-order valence-corrected chi connectivity index (χ0v) is 8.31. The van der Waals surface area contributed by atoms with Crippen LogP contribution >= 0.6 is 0 Å². The zero-order chi connectivity index (χ0) is 11.4. The van der Waals surface area contributed by atoms with Crippen LogP contribution < -0.4 is 10.1 Å². The van der Waals surface area contributed by atoms with Crippen LogP contribution in [0.25, 0.3) is 0 Å². The summed E-state index contributed by atoms with van der Waals surface area (Å²) < 4.78 is 4.85. The number of carbonyl (C=O) groups excluding carboxylic acids is 1. The van der Waals surface area contributed by atoms with E-state index < -0.39 is 4.92 Å². The smallest absolute Gasteiger partial charge is 0.296 e. The molecule has 6 heteroatoms. The minimum Gasteiger partial charge on any atom is -0.496 e. The lowest BCUT2D eigenvalue weighted by atomic mass is 10.2. The van der Waals surface area contributed by atoms with E-state index in [1.54, 1.807) is 0 Å². The van der Waals surface area contributed by atoms with Crippen LogP contribution in [-0.2, 0) is 4.79 Å². The van der Waals surface area contributed by atoms with Crippen molar-refractivity contribution in [2.75, 3.05) is 12.4 Å². The lowest BCUT2D eigenvalue weighted by molar-refractivity contribution is -0.384. The van der Waals surface area contributed by atoms with E-state index in [4.69, 9.17) is 4.74 Å². The first kappa shape index (κ1) is 11.0. The molecule has 80 valence electrons. The van der Waals surface area contributed by atoms with Gasteiger partial charge in [0, 0.05) is 6.92 Å². The Morgan fingerprint density at radius 3 is 2.67 bits per heavy atom. The molecule has 0 aliphatic heterocycles. The Labute approximate surface area is 86.0 Å². The number of methoxy groups -OCH3 is 1. The number of benzene rings is 1. The molecule has 1 rings (SSSR count). The highest BCUT2D eigenvalue weighted by Crippen LogP contribution is 2.28. The molecule has 0 unspecified atom stereocenters. The molecular weight excluding hydrogens is 201 g/mol. The highest BCUT2D eigenvalue weighted by molar-refractivity contribution is 5.91. The van der Waals surface area contributed by atoms with E-state index in [0.717, 1.165) is 0 Å². The molecule has 1 aromatic rings. The summed E-state index contributed by atoms with van der Waals surface area (Å²) in [5.74, 6) is 0.0130. The fraction of sp³-hybridized carbons (Fsp3) is 0.222. The van der Waals surface area contributed by atoms with Crippen molar-refractivity contribution in [2.24, 2.45) is 0 Å². The van der Waals surface area contributed by atoms with Gasteiger partial charge in [-0.25, -0.2) is 0 Å². The maximum atomic E-state index is 10.8. The van der Waals surface area contributed by atoms with Crippen molar-refractivity contribution in [1.82, 2.24) is 0 Å². The molecule has 0 bridgehead atoms. The lowest BCUT2D eigenvalue weighted by Crippen LogP contribution is -2.08. The molecular formula is C9H10N2O4. The average molecular weight is 211 g/mol. The molecule has 0 saturated carbocycles. The summed E-state index contributed by atoms with van der Waals surface area (Å²) in [6, 6.07) is 4.22. The quantitative estimate of drug-likeness (QED) is 0.467. The first-order valence-electron chi connectivity index (χ1n) is 4.14. The maximum Gasteiger partial charge on any atom is 0.296 e. The number of amides is 1. The van der Waals surface area contributed by atoms with Crippen molar-refractivity contribution < 1.29 is 14.5 Å². The van der Waals surface area contributed by atoms with E-state index in [9.17, 15) is 14.9 Å². The summed E-state index contributed by atoms with van der Waals surface area (Å²) >= 11 is 0. The third-order valence-corrected chi connectivity index (χ3v) is 1.71. The highest BCUT2D eigenvalue weighted by Gasteiger charge is 2.15. The molecule has 0 aromatic heterocycles. The Morgan fingerprint density at radius 2 is 2.20 bits per heavy atom. The summed E-state index contributed by atoms with van der Waals surface area (Å²) in [5.41, 5.74) is -0.0298. The van der Waals surface area contributed by atoms with Gasteiger partial charge in [0.05, 0.1) is 18.1 Å². The van der Waals surface area contributed by atoms with Gasteiger partial charge in [-0.15, -0.1) is 0 Å². The topological polar surface area (TPSA) is 81.5 Å². The Balaban J connectivity index is 3.15. The molecule has 0 fully saturated rings. The van der Waals surface area contributed by atoms with Crippen LogP contribution in [-0.4, -0.2) is 17.9 Å². The standard InChI is InChI=1S/C9H10N2O4/c1-6(12)10-8-4-3-7(15-2)5-9(8)11(13)14/h3-5H,1-2H3,(H,10,12)/i11+1. The van der Waals surface area contributed by atoms with Gasteiger partial charge in [-0.2, -0.15) is 0 Å². The molecule has 15 heavy (non-hydrogen) atoms. The molecule has 6 nitrogen and oxygen atoms in total. The normalized spacial score (nSPS) is 9.47. The van der Waals surface area contributed by atoms with Crippen molar-refractivity contribution in [3.63, 3.8) is 0 Å². The number of rotatable bonds is 3. The number of hydrogen-bond donors (Lipinski definition) is 1. The number of nitrogens with one attached hydrogen (secondary N) is 1. The van der Waals surface area contributed by atoms with E-state index in [1.807, 2.05) is 0 Å². The van der Waals surface area contributed by atoms with Crippen LogP contribution in [0.1, 0.15) is 6.92 Å². The minimum absolute atomic E-state index is 0.160. The number of nitrogens with zero attached hydrogens (tertiary/aromatic N) is 1. The lowest BCUT2D eigenvalue weighted by Gasteiger charge is -2.05. The first-order valence-corrected chi connectivity index (χ1v) is 4.14. The number of ether oxygens (including phenoxy) is 1. The first-order chi connectivity index (χ1) is 7.04. The SMILES string of the molecule is COc1ccc(NC(C)=O)c([15N+](=O)[O-])c1. The molecule has 0 spiro atoms. The van der Waals surface area contributed by atoms with Gasteiger partial charge in [-0.1, -0.05) is 0 Å². The maximum absolute atomic E-state index is 10.8. The van der Waals surface area contributed by atoms with Gasteiger partial charge in [-0.05, 0) is 12.1 Å². The summed E-state index contributed by atoms with van der Waals surface area (Å²) in [6.07, 6.45) is 0. The summed E-state index contributed by atoms with van der Waals surface area (Å²) in [5, 5.41) is 13.0. The Hall–Kier alpha value is -2.11. The van der Waals surface area contributed by atoms with Crippen LogP contribution in [0.2, 0.25) is 0 Å². The Kier molecular flexibility index (Phi) is 3.22. The summed E-state index contributed by atoms with van der Waals surface area (Å²) in [7, 11) is 1.41. The second kappa shape index (κ2) is 4.41. The zero-order valence-electron chi connectivity index (χ0n) is 8.31. The van der Waals surface area contributed by atoms with Crippen LogP contribution in [0.15, 0.2) is 18.2 Å². The van der Waals surface area contributed by atoms with Gasteiger partial charge in [-0.3, -0.25) is 14.9 Å². The van der Waals surface area contributed by atoms with Crippen LogP contribution in [0, 0.1) is 10.1 Å². The molecule has 0 aliphatic carbocycles. The summed E-state index contributed by atoms with van der Waals surface area (Å²) in [4.78, 5) is 20.9. The average Bonchev–Trinajstić information content (AvgIpc) is 2.17. The van der Waals surface area contributed by atoms with Gasteiger partial charge in [0.2, 0.25) is 5.91 Å². The van der Waals surface area contributed by atoms with Gasteiger partial charge in [0.1, 0.15) is 11.4 Å². The number of nitro groups is 1. The molecule has 1 aromatic carbocycles. The predicted molar refractivity (Wildman–Crippen MR) is 54.0 cm³/mol. The largest absolute Gasteiger partial charge is 0.496 e. The van der Waals surface area contributed by atoms with E-state index in [0.29, 0.717) is 5.75 Å². The highest BCUT2D eigenvalue weighted by atomic mass is 16.9. The van der Waals surface area contributed by atoms with Gasteiger partial charge in [0.25, 0.3) is 5.69 Å². The number of anilines is 1. The van der Waals surface area contributed by atoms with Crippen LogP contribution in [0.5, 0.6) is 5.75 Å². The molecule has 1 N–H and O–H groups in total. The minimum atomic E-state index is -0.576. The monoisotopic (exact) mass is 211 g/mol. The van der Waals surface area contributed by atoms with Gasteiger partial charge >= 0.3 is 0 Å². The molecule has 1 amide bonds. The van der Waals surface area contributed by atoms with Gasteiger partial charge < -0.3 is 10.1 Å². The van der Waals surface area contributed by atoms with E-state index >= 15 is 0 Å². The van der Waals surface area contributed by atoms with E-state index in [2.05, 4.69) is 5.32 Å². The number of carbonyl (C=O) groups is 1. The molecule has 0 radical (unpaired) electrons. The van der Waals surface area contributed by atoms with E-state index in [-0.39, 0.29) is 17.3 Å². The van der Waals surface area contributed by atoms with Crippen LogP contribution in [0.4, 0.5) is 11.4 Å². The molecule has 0 aliphatic rings. The number of nitro benzene ring substituents is 1. The Bertz CT molecular complexity index is 403. The predicted octanol–water partition coefficient (Wildman–Crippen LogP) is 1.56. The fourth-order valence-corrected chi connectivity index (χ4v) is 1.08. The second-order valence-electron chi connectivity index (χ2n) is 2.82. The third-order valence-electron chi connectivity index (χ3n) is 1.71. The third kappa shape index (κ3) is 2.67. The molecule has 0 atom stereocenters. The molecule has 0 saturated heterocycles. The van der Waals surface area contributed by atoms with Crippen LogP contribution in [0.3, 0.4) is 0 Å². The second-order valence-corrected chi connectivity index (χ2v) is 2.82. The molecule has 0 heterocycles. The van der Waals surface area contributed by atoms with Gasteiger partial charge in [0.15, 0.2) is 0 Å². The van der Waals surface area contributed by atoms with E-state index in [1.165, 1.54) is 32.2 Å². The van der Waals surface area contributed by atoms with Crippen molar-refractivity contribution in [3.8, 4) is 5.75 Å².